The fourth-order valence-corrected chi connectivity index (χ4v) is 6.09. The zero-order valence-corrected chi connectivity index (χ0v) is 18.8. The number of nitrogens with zero attached hydrogens (tertiary/aromatic N) is 1. The van der Waals surface area contributed by atoms with Crippen molar-refractivity contribution in [1.82, 2.24) is 4.98 Å². The highest BCUT2D eigenvalue weighted by atomic mass is 31.2. The predicted octanol–water partition coefficient (Wildman–Crippen LogP) is 5.89. The molecule has 1 aromatic heterocycles. The van der Waals surface area contributed by atoms with E-state index in [1.165, 1.54) is 0 Å². The Morgan fingerprint density at radius 3 is 2.66 bits per heavy atom. The Hall–Kier alpha value is -2.10. The number of hydrogen-bond donors (Lipinski definition) is 2. The molecule has 156 valence electrons. The van der Waals surface area contributed by atoms with Crippen LogP contribution in [0.2, 0.25) is 0 Å². The summed E-state index contributed by atoms with van der Waals surface area (Å²) < 4.78 is 19.7. The van der Waals surface area contributed by atoms with E-state index in [1.807, 2.05) is 51.1 Å². The third-order valence-electron chi connectivity index (χ3n) is 5.42. The summed E-state index contributed by atoms with van der Waals surface area (Å²) in [6.07, 6.45) is 3.34. The summed E-state index contributed by atoms with van der Waals surface area (Å²) in [5.74, 6) is 0.255. The summed E-state index contributed by atoms with van der Waals surface area (Å²) >= 11 is 0. The smallest absolute Gasteiger partial charge is 0.230 e. The fraction of sp³-hybridized carbons (Fsp3) is 0.435. The number of anilines is 1. The van der Waals surface area contributed by atoms with E-state index >= 15 is 0 Å². The largest absolute Gasteiger partial charge is 0.508 e. The summed E-state index contributed by atoms with van der Waals surface area (Å²) in [5.41, 5.74) is 4.53. The molecule has 5 nitrogen and oxygen atoms in total. The predicted molar refractivity (Wildman–Crippen MR) is 120 cm³/mol. The molecule has 2 aromatic rings. The van der Waals surface area contributed by atoms with E-state index < -0.39 is 7.37 Å². The molecule has 1 fully saturated rings. The van der Waals surface area contributed by atoms with E-state index in [0.717, 1.165) is 39.9 Å². The third kappa shape index (κ3) is 5.29. The Morgan fingerprint density at radius 2 is 2.03 bits per heavy atom. The quantitative estimate of drug-likeness (QED) is 0.597. The molecule has 2 heterocycles. The number of nitrogens with one attached hydrogen (secondary N) is 1. The second-order valence-corrected chi connectivity index (χ2v) is 11.3. The normalized spacial score (nSPS) is 21.8. The van der Waals surface area contributed by atoms with Crippen molar-refractivity contribution in [3.8, 4) is 5.75 Å². The van der Waals surface area contributed by atoms with Crippen LogP contribution < -0.4 is 5.32 Å². The van der Waals surface area contributed by atoms with Gasteiger partial charge >= 0.3 is 0 Å². The maximum Gasteiger partial charge on any atom is 0.230 e. The molecule has 3 rings (SSSR count). The molecule has 1 aliphatic rings. The number of aromatic hydroxyl groups is 1. The lowest BCUT2D eigenvalue weighted by molar-refractivity contribution is 0.157. The van der Waals surface area contributed by atoms with Crippen LogP contribution in [0, 0.1) is 26.2 Å². The lowest BCUT2D eigenvalue weighted by Gasteiger charge is -2.35. The molecule has 1 aliphatic heterocycles. The molecule has 1 unspecified atom stereocenters. The van der Waals surface area contributed by atoms with Gasteiger partial charge in [0.2, 0.25) is 7.37 Å². The first-order valence-electron chi connectivity index (χ1n) is 10.0. The highest BCUT2D eigenvalue weighted by Gasteiger charge is 2.37. The van der Waals surface area contributed by atoms with Gasteiger partial charge in [-0.15, -0.1) is 0 Å². The second-order valence-electron chi connectivity index (χ2n) is 8.71. The van der Waals surface area contributed by atoms with Gasteiger partial charge in [-0.25, -0.2) is 0 Å². The van der Waals surface area contributed by atoms with Gasteiger partial charge in [0, 0.05) is 23.7 Å². The Balaban J connectivity index is 1.91. The minimum atomic E-state index is -2.94. The minimum Gasteiger partial charge on any atom is -0.508 e. The molecule has 6 heteroatoms. The average Bonchev–Trinajstić information content (AvgIpc) is 2.65. The van der Waals surface area contributed by atoms with E-state index in [0.29, 0.717) is 19.3 Å². The van der Waals surface area contributed by atoms with E-state index in [-0.39, 0.29) is 11.2 Å². The Labute approximate surface area is 173 Å². The first-order chi connectivity index (χ1) is 13.6. The van der Waals surface area contributed by atoms with Crippen LogP contribution in [-0.4, -0.2) is 29.4 Å². The molecular formula is C23H31N2O3P. The Morgan fingerprint density at radius 1 is 1.28 bits per heavy atom. The van der Waals surface area contributed by atoms with Crippen LogP contribution in [0.3, 0.4) is 0 Å². The van der Waals surface area contributed by atoms with E-state index in [4.69, 9.17) is 4.52 Å². The van der Waals surface area contributed by atoms with E-state index in [9.17, 15) is 9.67 Å². The topological polar surface area (TPSA) is 71.5 Å². The Kier molecular flexibility index (Phi) is 6.21. The minimum absolute atomic E-state index is 0.0407. The molecular weight excluding hydrogens is 383 g/mol. The zero-order valence-electron chi connectivity index (χ0n) is 18.0. The van der Waals surface area contributed by atoms with Gasteiger partial charge in [-0.05, 0) is 74.1 Å². The second kappa shape index (κ2) is 8.33. The van der Waals surface area contributed by atoms with Gasteiger partial charge in [-0.1, -0.05) is 19.9 Å². The van der Waals surface area contributed by atoms with Crippen molar-refractivity contribution in [1.29, 1.82) is 0 Å². The highest BCUT2D eigenvalue weighted by Crippen LogP contribution is 2.60. The summed E-state index contributed by atoms with van der Waals surface area (Å²) in [5, 5.41) is 14.0. The number of hydrogen-bond acceptors (Lipinski definition) is 5. The van der Waals surface area contributed by atoms with Gasteiger partial charge in [0.05, 0.1) is 18.0 Å². The number of aryl methyl sites for hydroxylation is 3. The van der Waals surface area contributed by atoms with E-state index in [1.54, 1.807) is 6.07 Å². The van der Waals surface area contributed by atoms with Crippen molar-refractivity contribution < 1.29 is 14.2 Å². The van der Waals surface area contributed by atoms with Crippen LogP contribution in [-0.2, 0) is 9.09 Å². The SMILES string of the molecule is Cc1ccc(NC/C(=C/c2ccc(O)c(C)c2)P2(=O)CCC(C)(C)CO2)c(C)n1. The maximum atomic E-state index is 13.7. The van der Waals surface area contributed by atoms with Gasteiger partial charge in [0.25, 0.3) is 0 Å². The van der Waals surface area contributed by atoms with E-state index in [2.05, 4.69) is 24.1 Å². The van der Waals surface area contributed by atoms with Gasteiger partial charge in [-0.3, -0.25) is 9.55 Å². The molecule has 0 radical (unpaired) electrons. The standard InChI is InChI=1S/C23H31N2O3P/c1-16-12-19(7-9-22(16)26)13-20(29(27)11-10-23(4,5)15-28-29)14-24-21-8-6-17(2)25-18(21)3/h6-9,12-13,24,26H,10-11,14-15H2,1-5H3/b20-13-. The number of phenols is 1. The molecule has 0 spiro atoms. The van der Waals surface area contributed by atoms with Crippen LogP contribution in [0.15, 0.2) is 35.6 Å². The number of pyridine rings is 1. The number of aromatic nitrogens is 1. The molecule has 1 atom stereocenters. The number of benzene rings is 1. The zero-order chi connectivity index (χ0) is 21.2. The van der Waals surface area contributed by atoms with Gasteiger partial charge < -0.3 is 14.9 Å². The lowest BCUT2D eigenvalue weighted by Crippen LogP contribution is -2.26. The summed E-state index contributed by atoms with van der Waals surface area (Å²) in [4.78, 5) is 4.50. The van der Waals surface area contributed by atoms with Crippen LogP contribution in [0.25, 0.3) is 6.08 Å². The maximum absolute atomic E-state index is 13.7. The summed E-state index contributed by atoms with van der Waals surface area (Å²) in [7, 11) is -2.94. The highest BCUT2D eigenvalue weighted by molar-refractivity contribution is 7.63. The molecule has 0 amide bonds. The van der Waals surface area contributed by atoms with Crippen LogP contribution in [0.4, 0.5) is 5.69 Å². The summed E-state index contributed by atoms with van der Waals surface area (Å²) in [6, 6.07) is 9.36. The third-order valence-corrected chi connectivity index (χ3v) is 7.94. The van der Waals surface area contributed by atoms with Crippen LogP contribution in [0.5, 0.6) is 5.75 Å². The van der Waals surface area contributed by atoms with Gasteiger partial charge in [0.1, 0.15) is 5.75 Å². The van der Waals surface area contributed by atoms with Crippen molar-refractivity contribution in [2.45, 2.75) is 41.0 Å². The molecule has 0 saturated carbocycles. The van der Waals surface area contributed by atoms with Gasteiger partial charge in [0.15, 0.2) is 0 Å². The summed E-state index contributed by atoms with van der Waals surface area (Å²) in [6.45, 7) is 11.0. The first kappa shape index (κ1) is 21.6. The lowest BCUT2D eigenvalue weighted by atomic mass is 9.92. The molecule has 29 heavy (non-hydrogen) atoms. The Bertz CT molecular complexity index is 968. The number of phenolic OH excluding ortho intramolecular Hbond substituents is 1. The van der Waals surface area contributed by atoms with Crippen LogP contribution in [0.1, 0.15) is 42.8 Å². The van der Waals surface area contributed by atoms with Crippen molar-refractivity contribution >= 4 is 19.1 Å². The first-order valence-corrected chi connectivity index (χ1v) is 11.8. The number of rotatable bonds is 5. The average molecular weight is 414 g/mol. The molecule has 0 aliphatic carbocycles. The van der Waals surface area contributed by atoms with Crippen molar-refractivity contribution in [3.05, 3.63) is 58.2 Å². The molecule has 2 N–H and O–H groups in total. The van der Waals surface area contributed by atoms with Crippen molar-refractivity contribution in [3.63, 3.8) is 0 Å². The van der Waals surface area contributed by atoms with Gasteiger partial charge in [-0.2, -0.15) is 0 Å². The fourth-order valence-electron chi connectivity index (χ4n) is 3.38. The van der Waals surface area contributed by atoms with Crippen molar-refractivity contribution in [2.75, 3.05) is 24.6 Å². The molecule has 0 bridgehead atoms. The molecule has 1 saturated heterocycles. The van der Waals surface area contributed by atoms with Crippen LogP contribution >= 0.6 is 7.37 Å². The monoisotopic (exact) mass is 414 g/mol. The molecule has 1 aromatic carbocycles. The van der Waals surface area contributed by atoms with Crippen molar-refractivity contribution in [2.24, 2.45) is 5.41 Å².